The SMILES string of the molecule is Fc1c(CC2CO2)ccc2ccccc12. The number of rotatable bonds is 2. The molecule has 2 aromatic carbocycles. The number of hydrogen-bond donors (Lipinski definition) is 0. The van der Waals surface area contributed by atoms with Crippen LogP contribution in [0.1, 0.15) is 5.56 Å². The molecule has 0 saturated carbocycles. The highest BCUT2D eigenvalue weighted by Gasteiger charge is 2.24. The molecule has 0 N–H and O–H groups in total. The molecule has 0 bridgehead atoms. The van der Waals surface area contributed by atoms with Crippen LogP contribution in [0.15, 0.2) is 36.4 Å². The quantitative estimate of drug-likeness (QED) is 0.682. The predicted octanol–water partition coefficient (Wildman–Crippen LogP) is 2.92. The lowest BCUT2D eigenvalue weighted by Crippen LogP contribution is -1.97. The average molecular weight is 202 g/mol. The van der Waals surface area contributed by atoms with E-state index in [1.807, 2.05) is 36.4 Å². The highest BCUT2D eigenvalue weighted by molar-refractivity contribution is 5.83. The first-order valence-electron chi connectivity index (χ1n) is 5.12. The molecular weight excluding hydrogens is 191 g/mol. The Labute approximate surface area is 87.5 Å². The summed E-state index contributed by atoms with van der Waals surface area (Å²) in [5, 5.41) is 1.66. The molecule has 1 aliphatic rings. The van der Waals surface area contributed by atoms with Gasteiger partial charge < -0.3 is 4.74 Å². The Morgan fingerprint density at radius 1 is 1.20 bits per heavy atom. The second kappa shape index (κ2) is 3.31. The molecule has 0 spiro atoms. The minimum absolute atomic E-state index is 0.0939. The van der Waals surface area contributed by atoms with Crippen molar-refractivity contribution in [3.05, 3.63) is 47.8 Å². The normalized spacial score (nSPS) is 19.4. The van der Waals surface area contributed by atoms with Crippen LogP contribution in [-0.2, 0) is 11.2 Å². The van der Waals surface area contributed by atoms with E-state index in [0.29, 0.717) is 11.8 Å². The Morgan fingerprint density at radius 3 is 2.80 bits per heavy atom. The van der Waals surface area contributed by atoms with Crippen LogP contribution in [0, 0.1) is 5.82 Å². The molecule has 1 nitrogen and oxygen atoms in total. The van der Waals surface area contributed by atoms with Crippen molar-refractivity contribution >= 4 is 10.8 Å². The van der Waals surface area contributed by atoms with E-state index >= 15 is 0 Å². The van der Waals surface area contributed by atoms with Crippen molar-refractivity contribution in [2.24, 2.45) is 0 Å². The van der Waals surface area contributed by atoms with Crippen molar-refractivity contribution in [1.82, 2.24) is 0 Å². The van der Waals surface area contributed by atoms with Crippen molar-refractivity contribution in [1.29, 1.82) is 0 Å². The van der Waals surface area contributed by atoms with Crippen LogP contribution in [0.3, 0.4) is 0 Å². The van der Waals surface area contributed by atoms with Gasteiger partial charge in [-0.15, -0.1) is 0 Å². The van der Waals surface area contributed by atoms with E-state index in [1.165, 1.54) is 0 Å². The van der Waals surface area contributed by atoms with Gasteiger partial charge in [-0.2, -0.15) is 0 Å². The molecule has 1 saturated heterocycles. The molecule has 1 unspecified atom stereocenters. The van der Waals surface area contributed by atoms with E-state index in [4.69, 9.17) is 4.74 Å². The molecule has 1 heterocycles. The fraction of sp³-hybridized carbons (Fsp3) is 0.231. The summed E-state index contributed by atoms with van der Waals surface area (Å²) in [5.41, 5.74) is 0.760. The monoisotopic (exact) mass is 202 g/mol. The molecular formula is C13H11FO. The summed E-state index contributed by atoms with van der Waals surface area (Å²) in [6.45, 7) is 0.770. The van der Waals surface area contributed by atoms with E-state index < -0.39 is 0 Å². The topological polar surface area (TPSA) is 12.5 Å². The van der Waals surface area contributed by atoms with Crippen LogP contribution in [0.4, 0.5) is 4.39 Å². The summed E-state index contributed by atoms with van der Waals surface area (Å²) in [6, 6.07) is 11.4. The van der Waals surface area contributed by atoms with Crippen molar-refractivity contribution in [2.45, 2.75) is 12.5 Å². The van der Waals surface area contributed by atoms with Crippen molar-refractivity contribution in [3.63, 3.8) is 0 Å². The van der Waals surface area contributed by atoms with E-state index in [0.717, 1.165) is 17.6 Å². The molecule has 0 aliphatic carbocycles. The van der Waals surface area contributed by atoms with Gasteiger partial charge in [0.2, 0.25) is 0 Å². The molecule has 15 heavy (non-hydrogen) atoms. The highest BCUT2D eigenvalue weighted by Crippen LogP contribution is 2.24. The second-order valence-electron chi connectivity index (χ2n) is 3.92. The van der Waals surface area contributed by atoms with Gasteiger partial charge in [0.05, 0.1) is 12.7 Å². The van der Waals surface area contributed by atoms with Crippen molar-refractivity contribution in [3.8, 4) is 0 Å². The van der Waals surface area contributed by atoms with Crippen molar-refractivity contribution in [2.75, 3.05) is 6.61 Å². The first-order valence-corrected chi connectivity index (χ1v) is 5.12. The van der Waals surface area contributed by atoms with Gasteiger partial charge >= 0.3 is 0 Å². The number of benzene rings is 2. The molecule has 2 aromatic rings. The maximum atomic E-state index is 14.0. The minimum atomic E-state index is -0.0939. The number of halogens is 1. The lowest BCUT2D eigenvalue weighted by Gasteiger charge is -2.04. The fourth-order valence-electron chi connectivity index (χ4n) is 1.87. The zero-order chi connectivity index (χ0) is 10.3. The molecule has 1 aliphatic heterocycles. The number of hydrogen-bond acceptors (Lipinski definition) is 1. The summed E-state index contributed by atoms with van der Waals surface area (Å²) in [4.78, 5) is 0. The van der Waals surface area contributed by atoms with E-state index in [9.17, 15) is 4.39 Å². The van der Waals surface area contributed by atoms with E-state index in [2.05, 4.69) is 0 Å². The van der Waals surface area contributed by atoms with E-state index in [1.54, 1.807) is 0 Å². The molecule has 0 aromatic heterocycles. The third-order valence-electron chi connectivity index (χ3n) is 2.79. The third kappa shape index (κ3) is 1.61. The summed E-state index contributed by atoms with van der Waals surface area (Å²) in [6.07, 6.45) is 0.928. The van der Waals surface area contributed by atoms with Gasteiger partial charge in [0.1, 0.15) is 5.82 Å². The summed E-state index contributed by atoms with van der Waals surface area (Å²) < 4.78 is 19.1. The minimum Gasteiger partial charge on any atom is -0.373 e. The maximum absolute atomic E-state index is 14.0. The second-order valence-corrected chi connectivity index (χ2v) is 3.92. The zero-order valence-corrected chi connectivity index (χ0v) is 8.24. The number of epoxide rings is 1. The zero-order valence-electron chi connectivity index (χ0n) is 8.24. The molecule has 2 heteroatoms. The van der Waals surface area contributed by atoms with Crippen LogP contribution in [0.5, 0.6) is 0 Å². The molecule has 0 radical (unpaired) electrons. The first kappa shape index (κ1) is 8.86. The summed E-state index contributed by atoms with van der Waals surface area (Å²) in [5.74, 6) is -0.0939. The van der Waals surface area contributed by atoms with Gasteiger partial charge in [-0.05, 0) is 10.9 Å². The highest BCUT2D eigenvalue weighted by atomic mass is 19.1. The Hall–Kier alpha value is -1.41. The third-order valence-corrected chi connectivity index (χ3v) is 2.79. The Bertz CT molecular complexity index is 503. The standard InChI is InChI=1S/C13H11FO/c14-13-10(7-11-8-15-11)6-5-9-3-1-2-4-12(9)13/h1-6,11H,7-8H2. The Morgan fingerprint density at radius 2 is 2.00 bits per heavy atom. The largest absolute Gasteiger partial charge is 0.373 e. The van der Waals surface area contributed by atoms with Gasteiger partial charge in [0, 0.05) is 11.8 Å². The molecule has 1 fully saturated rings. The first-order chi connectivity index (χ1) is 7.34. The number of ether oxygens (including phenoxy) is 1. The maximum Gasteiger partial charge on any atom is 0.134 e. The number of fused-ring (bicyclic) bond motifs is 1. The van der Waals surface area contributed by atoms with Crippen LogP contribution in [0.25, 0.3) is 10.8 Å². The lowest BCUT2D eigenvalue weighted by molar-refractivity contribution is 0.405. The smallest absolute Gasteiger partial charge is 0.134 e. The predicted molar refractivity (Wildman–Crippen MR) is 57.4 cm³/mol. The Balaban J connectivity index is 2.11. The van der Waals surface area contributed by atoms with Crippen LogP contribution < -0.4 is 0 Å². The van der Waals surface area contributed by atoms with E-state index in [-0.39, 0.29) is 11.9 Å². The summed E-state index contributed by atoms with van der Waals surface area (Å²) >= 11 is 0. The summed E-state index contributed by atoms with van der Waals surface area (Å²) in [7, 11) is 0. The van der Waals surface area contributed by atoms with Gasteiger partial charge in [-0.1, -0.05) is 36.4 Å². The van der Waals surface area contributed by atoms with Crippen molar-refractivity contribution < 1.29 is 9.13 Å². The molecule has 0 amide bonds. The molecule has 1 atom stereocenters. The van der Waals surface area contributed by atoms with Crippen LogP contribution >= 0.6 is 0 Å². The lowest BCUT2D eigenvalue weighted by atomic mass is 10.0. The van der Waals surface area contributed by atoms with Gasteiger partial charge in [-0.25, -0.2) is 4.39 Å². The van der Waals surface area contributed by atoms with Gasteiger partial charge in [0.25, 0.3) is 0 Å². The molecule has 76 valence electrons. The van der Waals surface area contributed by atoms with Gasteiger partial charge in [-0.3, -0.25) is 0 Å². The molecule has 3 rings (SSSR count). The average Bonchev–Trinajstić information content (AvgIpc) is 3.07. The van der Waals surface area contributed by atoms with Gasteiger partial charge in [0.15, 0.2) is 0 Å². The fourth-order valence-corrected chi connectivity index (χ4v) is 1.87. The van der Waals surface area contributed by atoms with Crippen LogP contribution in [-0.4, -0.2) is 12.7 Å². The Kier molecular flexibility index (Phi) is 1.96. The van der Waals surface area contributed by atoms with Crippen LogP contribution in [0.2, 0.25) is 0 Å².